The average molecular weight is 525 g/mol. The second kappa shape index (κ2) is 12.0. The van der Waals surface area contributed by atoms with Crippen molar-refractivity contribution in [1.82, 2.24) is 9.97 Å². The van der Waals surface area contributed by atoms with Gasteiger partial charge in [0, 0.05) is 48.9 Å². The minimum atomic E-state index is -0.456. The fraction of sp³-hybridized carbons (Fsp3) is 0.219. The Kier molecular flexibility index (Phi) is 8.06. The zero-order valence-electron chi connectivity index (χ0n) is 21.7. The molecule has 1 N–H and O–H groups in total. The van der Waals surface area contributed by atoms with Crippen molar-refractivity contribution in [2.75, 3.05) is 23.3 Å². The molecule has 2 heterocycles. The largest absolute Gasteiger partial charge is 0.369 e. The molecule has 0 spiro atoms. The van der Waals surface area contributed by atoms with Crippen LogP contribution in [0.2, 0.25) is 0 Å². The molecule has 1 aromatic heterocycles. The van der Waals surface area contributed by atoms with Gasteiger partial charge in [-0.15, -0.1) is 0 Å². The van der Waals surface area contributed by atoms with Crippen LogP contribution in [0.3, 0.4) is 0 Å². The highest BCUT2D eigenvalue weighted by atomic mass is 19.1. The van der Waals surface area contributed by atoms with Crippen molar-refractivity contribution in [1.29, 1.82) is 0 Å². The van der Waals surface area contributed by atoms with Crippen molar-refractivity contribution in [3.05, 3.63) is 114 Å². The number of rotatable bonds is 9. The van der Waals surface area contributed by atoms with Gasteiger partial charge >= 0.3 is 0 Å². The smallest absolute Gasteiger partial charge is 0.227 e. The van der Waals surface area contributed by atoms with Crippen molar-refractivity contribution in [3.63, 3.8) is 0 Å². The van der Waals surface area contributed by atoms with Gasteiger partial charge in [-0.1, -0.05) is 36.9 Å². The highest BCUT2D eigenvalue weighted by Crippen LogP contribution is 2.30. The van der Waals surface area contributed by atoms with E-state index in [-0.39, 0.29) is 23.6 Å². The molecule has 0 saturated carbocycles. The lowest BCUT2D eigenvalue weighted by Gasteiger charge is -2.29. The van der Waals surface area contributed by atoms with E-state index in [1.165, 1.54) is 18.2 Å². The highest BCUT2D eigenvalue weighted by Gasteiger charge is 2.17. The number of carbonyl (C=O) groups excluding carboxylic acids is 1. The maximum Gasteiger partial charge on any atom is 0.227 e. The number of halogens is 2. The first-order valence-corrected chi connectivity index (χ1v) is 13.2. The van der Waals surface area contributed by atoms with E-state index in [0.29, 0.717) is 35.0 Å². The summed E-state index contributed by atoms with van der Waals surface area (Å²) in [5.41, 5.74) is 4.76. The quantitative estimate of drug-likeness (QED) is 0.238. The van der Waals surface area contributed by atoms with Crippen LogP contribution in [0.4, 0.5) is 26.1 Å². The van der Waals surface area contributed by atoms with Gasteiger partial charge in [0.2, 0.25) is 5.95 Å². The van der Waals surface area contributed by atoms with Crippen LogP contribution in [0.25, 0.3) is 11.3 Å². The van der Waals surface area contributed by atoms with Gasteiger partial charge in [-0.3, -0.25) is 4.79 Å². The summed E-state index contributed by atoms with van der Waals surface area (Å²) in [4.78, 5) is 23.4. The van der Waals surface area contributed by atoms with Gasteiger partial charge in [0.25, 0.3) is 0 Å². The molecule has 0 unspecified atom stereocenters. The van der Waals surface area contributed by atoms with E-state index in [0.717, 1.165) is 43.5 Å². The predicted octanol–water partition coefficient (Wildman–Crippen LogP) is 7.04. The summed E-state index contributed by atoms with van der Waals surface area (Å²) >= 11 is 0. The SMILES string of the molecule is C=CC(=O)Cc1cc(-c2nc(Nc3ccc(F)c(N4CCCCC4)c3)ncc2Cc2ccccc2)ccc1F. The second-order valence-corrected chi connectivity index (χ2v) is 9.72. The molecule has 1 fully saturated rings. The van der Waals surface area contributed by atoms with Gasteiger partial charge in [0.1, 0.15) is 11.6 Å². The van der Waals surface area contributed by atoms with Gasteiger partial charge in [-0.25, -0.2) is 18.7 Å². The molecule has 1 aliphatic heterocycles. The molecule has 0 radical (unpaired) electrons. The number of anilines is 3. The molecule has 0 atom stereocenters. The Labute approximate surface area is 227 Å². The first-order chi connectivity index (χ1) is 19.0. The standard InChI is InChI=1S/C32H30F2N4O/c1-2-27(39)19-24-18-23(11-13-28(24)33)31-25(17-22-9-5-3-6-10-22)21-35-32(37-31)36-26-12-14-29(34)30(20-26)38-15-7-4-8-16-38/h2-3,5-6,9-14,18,20-21H,1,4,7-8,15-17,19H2,(H,35,36,37). The maximum absolute atomic E-state index is 14.7. The van der Waals surface area contributed by atoms with Gasteiger partial charge in [-0.05, 0) is 72.9 Å². The van der Waals surface area contributed by atoms with Crippen molar-refractivity contribution in [2.45, 2.75) is 32.1 Å². The minimum absolute atomic E-state index is 0.0811. The molecule has 1 saturated heterocycles. The van der Waals surface area contributed by atoms with E-state index in [2.05, 4.69) is 21.8 Å². The van der Waals surface area contributed by atoms with E-state index >= 15 is 0 Å². The van der Waals surface area contributed by atoms with Crippen LogP contribution >= 0.6 is 0 Å². The Balaban J connectivity index is 1.51. The summed E-state index contributed by atoms with van der Waals surface area (Å²) < 4.78 is 29.2. The number of allylic oxidation sites excluding steroid dienone is 1. The Morgan fingerprint density at radius 3 is 2.49 bits per heavy atom. The summed E-state index contributed by atoms with van der Waals surface area (Å²) in [6.45, 7) is 5.15. The van der Waals surface area contributed by atoms with Crippen LogP contribution in [-0.4, -0.2) is 28.8 Å². The van der Waals surface area contributed by atoms with E-state index in [1.807, 2.05) is 30.3 Å². The van der Waals surface area contributed by atoms with Crippen LogP contribution < -0.4 is 10.2 Å². The van der Waals surface area contributed by atoms with Gasteiger partial charge in [0.05, 0.1) is 11.4 Å². The number of nitrogens with one attached hydrogen (secondary N) is 1. The lowest BCUT2D eigenvalue weighted by Crippen LogP contribution is -2.30. The van der Waals surface area contributed by atoms with E-state index in [4.69, 9.17) is 4.98 Å². The van der Waals surface area contributed by atoms with Crippen LogP contribution in [-0.2, 0) is 17.6 Å². The molecule has 1 aliphatic rings. The maximum atomic E-state index is 14.7. The molecular formula is C32H30F2N4O. The molecule has 0 bridgehead atoms. The van der Waals surface area contributed by atoms with Crippen LogP contribution in [0, 0.1) is 11.6 Å². The Hall–Kier alpha value is -4.39. The fourth-order valence-corrected chi connectivity index (χ4v) is 4.88. The lowest BCUT2D eigenvalue weighted by molar-refractivity contribution is -0.114. The lowest BCUT2D eigenvalue weighted by atomic mass is 9.98. The van der Waals surface area contributed by atoms with E-state index in [9.17, 15) is 13.6 Å². The molecule has 4 aromatic rings. The highest BCUT2D eigenvalue weighted by molar-refractivity contribution is 5.91. The molecule has 5 rings (SSSR count). The van der Waals surface area contributed by atoms with Gasteiger partial charge in [0.15, 0.2) is 5.78 Å². The van der Waals surface area contributed by atoms with Gasteiger partial charge < -0.3 is 10.2 Å². The number of benzene rings is 3. The zero-order chi connectivity index (χ0) is 27.2. The summed E-state index contributed by atoms with van der Waals surface area (Å²) in [7, 11) is 0. The van der Waals surface area contributed by atoms with Crippen molar-refractivity contribution in [3.8, 4) is 11.3 Å². The van der Waals surface area contributed by atoms with E-state index < -0.39 is 5.82 Å². The summed E-state index contributed by atoms with van der Waals surface area (Å²) in [5, 5.41) is 3.22. The molecule has 198 valence electrons. The molecule has 7 heteroatoms. The van der Waals surface area contributed by atoms with Crippen molar-refractivity contribution >= 4 is 23.1 Å². The first-order valence-electron chi connectivity index (χ1n) is 13.2. The number of aromatic nitrogens is 2. The monoisotopic (exact) mass is 524 g/mol. The molecular weight excluding hydrogens is 494 g/mol. The fourth-order valence-electron chi connectivity index (χ4n) is 4.88. The topological polar surface area (TPSA) is 58.1 Å². The Morgan fingerprint density at radius 1 is 0.949 bits per heavy atom. The molecule has 3 aromatic carbocycles. The van der Waals surface area contributed by atoms with Crippen molar-refractivity contribution in [2.24, 2.45) is 0 Å². The average Bonchev–Trinajstić information content (AvgIpc) is 2.97. The Bertz CT molecular complexity index is 1480. The molecule has 0 aliphatic carbocycles. The third kappa shape index (κ3) is 6.37. The zero-order valence-corrected chi connectivity index (χ0v) is 21.7. The normalized spacial score (nSPS) is 13.2. The molecule has 39 heavy (non-hydrogen) atoms. The number of carbonyl (C=O) groups is 1. The minimum Gasteiger partial charge on any atom is -0.369 e. The predicted molar refractivity (Wildman–Crippen MR) is 151 cm³/mol. The summed E-state index contributed by atoms with van der Waals surface area (Å²) in [6, 6.07) is 19.5. The first kappa shape index (κ1) is 26.2. The van der Waals surface area contributed by atoms with Crippen molar-refractivity contribution < 1.29 is 13.6 Å². The van der Waals surface area contributed by atoms with Crippen LogP contribution in [0.5, 0.6) is 0 Å². The second-order valence-electron chi connectivity index (χ2n) is 9.72. The number of ketones is 1. The third-order valence-electron chi connectivity index (χ3n) is 6.91. The number of hydrogen-bond acceptors (Lipinski definition) is 5. The number of piperidine rings is 1. The Morgan fingerprint density at radius 2 is 1.72 bits per heavy atom. The number of hydrogen-bond donors (Lipinski definition) is 1. The van der Waals surface area contributed by atoms with Gasteiger partial charge in [-0.2, -0.15) is 0 Å². The van der Waals surface area contributed by atoms with E-state index in [1.54, 1.807) is 30.5 Å². The third-order valence-corrected chi connectivity index (χ3v) is 6.91. The molecule has 5 nitrogen and oxygen atoms in total. The number of nitrogens with zero attached hydrogens (tertiary/aromatic N) is 3. The summed E-state index contributed by atoms with van der Waals surface area (Å²) in [5.74, 6) is -0.634. The van der Waals surface area contributed by atoms with Crippen LogP contribution in [0.1, 0.15) is 36.0 Å². The van der Waals surface area contributed by atoms with Crippen LogP contribution in [0.15, 0.2) is 85.6 Å². The molecule has 0 amide bonds. The summed E-state index contributed by atoms with van der Waals surface area (Å²) in [6.07, 6.45) is 6.70.